The zero-order chi connectivity index (χ0) is 17.5. The lowest BCUT2D eigenvalue weighted by Crippen LogP contribution is -2.38. The van der Waals surface area contributed by atoms with Crippen LogP contribution in [0.1, 0.15) is 23.6 Å². The van der Waals surface area contributed by atoms with E-state index in [4.69, 9.17) is 9.47 Å². The molecule has 0 aliphatic carbocycles. The van der Waals surface area contributed by atoms with Crippen molar-refractivity contribution in [3.8, 4) is 11.5 Å². The van der Waals surface area contributed by atoms with Crippen LogP contribution in [0.25, 0.3) is 0 Å². The van der Waals surface area contributed by atoms with Crippen molar-refractivity contribution in [3.05, 3.63) is 59.2 Å². The molecule has 1 atom stereocenters. The van der Waals surface area contributed by atoms with E-state index in [0.29, 0.717) is 13.2 Å². The standard InChI is InChI=1S/C20H25NO3/c1-14-9-10-18(16(3)13-14)23-12-11-21-20(22)17(4)24-19-8-6-5-7-15(19)2/h5-10,13,17H,11-12H2,1-4H3,(H,21,22)/t17-/m0/s1. The average Bonchev–Trinajstić information content (AvgIpc) is 2.55. The molecule has 1 amide bonds. The third kappa shape index (κ3) is 5.01. The Kier molecular flexibility index (Phi) is 6.24. The van der Waals surface area contributed by atoms with Gasteiger partial charge in [0, 0.05) is 0 Å². The minimum absolute atomic E-state index is 0.150. The molecule has 0 unspecified atom stereocenters. The Morgan fingerprint density at radius 2 is 1.79 bits per heavy atom. The molecule has 2 aromatic carbocycles. The van der Waals surface area contributed by atoms with Gasteiger partial charge in [-0.25, -0.2) is 0 Å². The number of amides is 1. The van der Waals surface area contributed by atoms with Gasteiger partial charge in [0.25, 0.3) is 5.91 Å². The monoisotopic (exact) mass is 327 g/mol. The van der Waals surface area contributed by atoms with E-state index >= 15 is 0 Å². The second-order valence-electron chi connectivity index (χ2n) is 5.93. The van der Waals surface area contributed by atoms with E-state index in [1.54, 1.807) is 6.92 Å². The molecule has 0 saturated carbocycles. The average molecular weight is 327 g/mol. The summed E-state index contributed by atoms with van der Waals surface area (Å²) in [7, 11) is 0. The number of benzene rings is 2. The lowest BCUT2D eigenvalue weighted by molar-refractivity contribution is -0.127. The molecule has 0 saturated heterocycles. The molecule has 0 heterocycles. The van der Waals surface area contributed by atoms with Crippen molar-refractivity contribution in [3.63, 3.8) is 0 Å². The van der Waals surface area contributed by atoms with Gasteiger partial charge in [-0.3, -0.25) is 4.79 Å². The van der Waals surface area contributed by atoms with Crippen LogP contribution in [0, 0.1) is 20.8 Å². The van der Waals surface area contributed by atoms with Crippen LogP contribution >= 0.6 is 0 Å². The molecule has 0 bridgehead atoms. The first kappa shape index (κ1) is 17.9. The number of carbonyl (C=O) groups excluding carboxylic acids is 1. The molecule has 0 fully saturated rings. The molecule has 0 radical (unpaired) electrons. The minimum Gasteiger partial charge on any atom is -0.491 e. The number of nitrogens with one attached hydrogen (secondary N) is 1. The molecule has 1 N–H and O–H groups in total. The number of hydrogen-bond acceptors (Lipinski definition) is 3. The highest BCUT2D eigenvalue weighted by Gasteiger charge is 2.14. The fraction of sp³-hybridized carbons (Fsp3) is 0.350. The molecular weight excluding hydrogens is 302 g/mol. The first-order valence-corrected chi connectivity index (χ1v) is 8.17. The van der Waals surface area contributed by atoms with Gasteiger partial charge in [-0.2, -0.15) is 0 Å². The molecule has 0 spiro atoms. The Hall–Kier alpha value is -2.49. The fourth-order valence-electron chi connectivity index (χ4n) is 2.37. The van der Waals surface area contributed by atoms with Crippen molar-refractivity contribution in [2.75, 3.05) is 13.2 Å². The molecule has 0 aliphatic rings. The molecule has 4 heteroatoms. The van der Waals surface area contributed by atoms with Gasteiger partial charge in [0.15, 0.2) is 6.10 Å². The Morgan fingerprint density at radius 3 is 2.50 bits per heavy atom. The van der Waals surface area contributed by atoms with Gasteiger partial charge in [0.05, 0.1) is 6.54 Å². The van der Waals surface area contributed by atoms with Crippen LogP contribution in [0.3, 0.4) is 0 Å². The molecule has 0 aromatic heterocycles. The normalized spacial score (nSPS) is 11.7. The van der Waals surface area contributed by atoms with Gasteiger partial charge in [0.1, 0.15) is 18.1 Å². The van der Waals surface area contributed by atoms with Crippen molar-refractivity contribution in [1.29, 1.82) is 0 Å². The van der Waals surface area contributed by atoms with Crippen molar-refractivity contribution in [2.45, 2.75) is 33.8 Å². The molecule has 24 heavy (non-hydrogen) atoms. The van der Waals surface area contributed by atoms with E-state index in [-0.39, 0.29) is 5.91 Å². The van der Waals surface area contributed by atoms with E-state index in [9.17, 15) is 4.79 Å². The van der Waals surface area contributed by atoms with Crippen molar-refractivity contribution in [2.24, 2.45) is 0 Å². The van der Waals surface area contributed by atoms with E-state index in [2.05, 4.69) is 11.4 Å². The zero-order valence-corrected chi connectivity index (χ0v) is 14.8. The van der Waals surface area contributed by atoms with E-state index in [0.717, 1.165) is 22.6 Å². The van der Waals surface area contributed by atoms with Crippen LogP contribution in [0.2, 0.25) is 0 Å². The minimum atomic E-state index is -0.549. The highest BCUT2D eigenvalue weighted by Crippen LogP contribution is 2.19. The van der Waals surface area contributed by atoms with E-state index < -0.39 is 6.10 Å². The van der Waals surface area contributed by atoms with E-state index in [1.165, 1.54) is 5.56 Å². The fourth-order valence-corrected chi connectivity index (χ4v) is 2.37. The third-order valence-corrected chi connectivity index (χ3v) is 3.76. The van der Waals surface area contributed by atoms with Gasteiger partial charge < -0.3 is 14.8 Å². The molecule has 128 valence electrons. The second kappa shape index (κ2) is 8.39. The molecule has 2 aromatic rings. The maximum atomic E-state index is 12.1. The van der Waals surface area contributed by atoms with Crippen molar-refractivity contribution < 1.29 is 14.3 Å². The molecule has 0 aliphatic heterocycles. The smallest absolute Gasteiger partial charge is 0.260 e. The predicted octanol–water partition coefficient (Wildman–Crippen LogP) is 3.57. The predicted molar refractivity (Wildman–Crippen MR) is 95.7 cm³/mol. The summed E-state index contributed by atoms with van der Waals surface area (Å²) in [6.45, 7) is 8.62. The van der Waals surface area contributed by atoms with Crippen molar-refractivity contribution in [1.82, 2.24) is 5.32 Å². The molecule has 2 rings (SSSR count). The number of para-hydroxylation sites is 1. The first-order valence-electron chi connectivity index (χ1n) is 8.17. The highest BCUT2D eigenvalue weighted by atomic mass is 16.5. The van der Waals surface area contributed by atoms with Gasteiger partial charge >= 0.3 is 0 Å². The Bertz CT molecular complexity index is 697. The summed E-state index contributed by atoms with van der Waals surface area (Å²) < 4.78 is 11.4. The summed E-state index contributed by atoms with van der Waals surface area (Å²) in [6, 6.07) is 13.7. The number of aryl methyl sites for hydroxylation is 3. The third-order valence-electron chi connectivity index (χ3n) is 3.76. The number of hydrogen-bond donors (Lipinski definition) is 1. The largest absolute Gasteiger partial charge is 0.491 e. The van der Waals surface area contributed by atoms with Crippen LogP contribution in [0.15, 0.2) is 42.5 Å². The molecular formula is C20H25NO3. The summed E-state index contributed by atoms with van der Waals surface area (Å²) in [6.07, 6.45) is -0.549. The summed E-state index contributed by atoms with van der Waals surface area (Å²) in [5.41, 5.74) is 3.31. The number of rotatable bonds is 7. The Balaban J connectivity index is 1.75. The molecule has 4 nitrogen and oxygen atoms in total. The SMILES string of the molecule is Cc1ccc(OCCNC(=O)[C@H](C)Oc2ccccc2C)c(C)c1. The van der Waals surface area contributed by atoms with Crippen LogP contribution in [-0.2, 0) is 4.79 Å². The van der Waals surface area contributed by atoms with Gasteiger partial charge in [-0.05, 0) is 51.0 Å². The number of carbonyl (C=O) groups is 1. The summed E-state index contributed by atoms with van der Waals surface area (Å²) in [5, 5.41) is 2.83. The van der Waals surface area contributed by atoms with Gasteiger partial charge in [-0.1, -0.05) is 35.9 Å². The zero-order valence-electron chi connectivity index (χ0n) is 14.8. The highest BCUT2D eigenvalue weighted by molar-refractivity contribution is 5.80. The lowest BCUT2D eigenvalue weighted by atomic mass is 10.1. The second-order valence-corrected chi connectivity index (χ2v) is 5.93. The lowest BCUT2D eigenvalue weighted by Gasteiger charge is -2.16. The van der Waals surface area contributed by atoms with Crippen molar-refractivity contribution >= 4 is 5.91 Å². The Morgan fingerprint density at radius 1 is 1.04 bits per heavy atom. The topological polar surface area (TPSA) is 47.6 Å². The summed E-state index contributed by atoms with van der Waals surface area (Å²) in [5.74, 6) is 1.42. The first-order chi connectivity index (χ1) is 11.5. The van der Waals surface area contributed by atoms with Crippen LogP contribution in [0.4, 0.5) is 0 Å². The Labute approximate surface area is 143 Å². The summed E-state index contributed by atoms with van der Waals surface area (Å²) in [4.78, 5) is 12.1. The quantitative estimate of drug-likeness (QED) is 0.791. The van der Waals surface area contributed by atoms with E-state index in [1.807, 2.05) is 57.2 Å². The van der Waals surface area contributed by atoms with Crippen LogP contribution < -0.4 is 14.8 Å². The maximum Gasteiger partial charge on any atom is 0.260 e. The van der Waals surface area contributed by atoms with Gasteiger partial charge in [-0.15, -0.1) is 0 Å². The summed E-state index contributed by atoms with van der Waals surface area (Å²) >= 11 is 0. The maximum absolute atomic E-state index is 12.1. The van der Waals surface area contributed by atoms with Gasteiger partial charge in [0.2, 0.25) is 0 Å². The van der Waals surface area contributed by atoms with Crippen LogP contribution in [-0.4, -0.2) is 25.2 Å². The number of ether oxygens (including phenoxy) is 2. The van der Waals surface area contributed by atoms with Crippen LogP contribution in [0.5, 0.6) is 11.5 Å².